The van der Waals surface area contributed by atoms with Gasteiger partial charge in [-0.1, -0.05) is 103 Å². The molecule has 0 atom stereocenters. The van der Waals surface area contributed by atoms with Gasteiger partial charge in [0.2, 0.25) is 0 Å². The third kappa shape index (κ3) is 17.4. The summed E-state index contributed by atoms with van der Waals surface area (Å²) in [6, 6.07) is 0. The van der Waals surface area contributed by atoms with Crippen LogP contribution in [0.3, 0.4) is 0 Å². The second kappa shape index (κ2) is 18.4. The zero-order valence-electron chi connectivity index (χ0n) is 16.0. The Hall–Kier alpha value is -0.990. The molecule has 0 aromatic carbocycles. The van der Waals surface area contributed by atoms with E-state index in [2.05, 4.69) is 13.5 Å². The first-order valence-electron chi connectivity index (χ1n) is 10.2. The molecule has 0 saturated heterocycles. The summed E-state index contributed by atoms with van der Waals surface area (Å²) < 4.78 is 4.83. The summed E-state index contributed by atoms with van der Waals surface area (Å²) in [4.78, 5) is 10.9. The number of carbonyl (C=O) groups excluding carboxylic acids is 1. The van der Waals surface area contributed by atoms with E-state index in [1.807, 2.05) is 0 Å². The average molecular weight is 341 g/mol. The zero-order chi connectivity index (χ0) is 17.9. The molecule has 0 spiro atoms. The fourth-order valence-electron chi connectivity index (χ4n) is 2.90. The van der Waals surface area contributed by atoms with Crippen molar-refractivity contribution in [3.05, 3.63) is 12.3 Å². The summed E-state index contributed by atoms with van der Waals surface area (Å²) >= 11 is 0. The Kier molecular flexibility index (Phi) is 17.6. The lowest BCUT2D eigenvalue weighted by Crippen LogP contribution is -2.07. The van der Waals surface area contributed by atoms with Gasteiger partial charge in [-0.25, -0.2) is 4.79 Å². The largest absolute Gasteiger partial charge is 0.502 e. The lowest BCUT2D eigenvalue weighted by molar-refractivity contribution is -0.142. The number of esters is 1. The highest BCUT2D eigenvalue weighted by molar-refractivity contribution is 5.84. The summed E-state index contributed by atoms with van der Waals surface area (Å²) in [5, 5.41) is 8.79. The van der Waals surface area contributed by atoms with E-state index in [0.29, 0.717) is 6.61 Å². The number of hydrogen-bond acceptors (Lipinski definition) is 3. The maximum atomic E-state index is 10.9. The minimum atomic E-state index is -0.698. The molecule has 0 bridgehead atoms. The molecular formula is C21H40O3. The van der Waals surface area contributed by atoms with Gasteiger partial charge in [0.25, 0.3) is 0 Å². The van der Waals surface area contributed by atoms with Crippen molar-refractivity contribution in [1.82, 2.24) is 0 Å². The third-order valence-electron chi connectivity index (χ3n) is 4.47. The van der Waals surface area contributed by atoms with Gasteiger partial charge in [-0.3, -0.25) is 0 Å². The quantitative estimate of drug-likeness (QED) is 0.128. The molecule has 0 aliphatic carbocycles. The second-order valence-electron chi connectivity index (χ2n) is 6.89. The molecule has 3 nitrogen and oxygen atoms in total. The molecule has 1 N–H and O–H groups in total. The second-order valence-corrected chi connectivity index (χ2v) is 6.89. The van der Waals surface area contributed by atoms with Crippen LogP contribution in [-0.4, -0.2) is 17.7 Å². The SMILES string of the molecule is C=C(O)C(=O)OCCCCCCCCCCCCCCCCCC. The van der Waals surface area contributed by atoms with Crippen molar-refractivity contribution >= 4 is 5.97 Å². The number of ether oxygens (including phenoxy) is 1. The van der Waals surface area contributed by atoms with Crippen LogP contribution < -0.4 is 0 Å². The van der Waals surface area contributed by atoms with Gasteiger partial charge >= 0.3 is 5.97 Å². The fourth-order valence-corrected chi connectivity index (χ4v) is 2.90. The molecular weight excluding hydrogens is 300 g/mol. The summed E-state index contributed by atoms with van der Waals surface area (Å²) in [6.07, 6.45) is 21.2. The van der Waals surface area contributed by atoms with Gasteiger partial charge in [-0.15, -0.1) is 0 Å². The smallest absolute Gasteiger partial charge is 0.372 e. The van der Waals surface area contributed by atoms with E-state index in [9.17, 15) is 4.79 Å². The van der Waals surface area contributed by atoms with E-state index in [0.717, 1.165) is 12.8 Å². The van der Waals surface area contributed by atoms with Crippen molar-refractivity contribution in [1.29, 1.82) is 0 Å². The zero-order valence-corrected chi connectivity index (χ0v) is 16.0. The Morgan fingerprint density at radius 2 is 1.04 bits per heavy atom. The molecule has 0 saturated carbocycles. The summed E-state index contributed by atoms with van der Waals surface area (Å²) in [5.74, 6) is -1.21. The van der Waals surface area contributed by atoms with Crippen molar-refractivity contribution < 1.29 is 14.6 Å². The van der Waals surface area contributed by atoms with Crippen LogP contribution in [0.5, 0.6) is 0 Å². The highest BCUT2D eigenvalue weighted by atomic mass is 16.5. The van der Waals surface area contributed by atoms with E-state index in [1.54, 1.807) is 0 Å². The molecule has 0 aromatic rings. The molecule has 142 valence electrons. The Morgan fingerprint density at radius 1 is 0.708 bits per heavy atom. The van der Waals surface area contributed by atoms with Crippen LogP contribution in [0.1, 0.15) is 110 Å². The van der Waals surface area contributed by atoms with Gasteiger partial charge in [0.15, 0.2) is 5.76 Å². The molecule has 0 fully saturated rings. The number of hydrogen-bond donors (Lipinski definition) is 1. The molecule has 0 rings (SSSR count). The number of aliphatic hydroxyl groups excluding tert-OH is 1. The van der Waals surface area contributed by atoms with Crippen molar-refractivity contribution in [2.75, 3.05) is 6.61 Å². The van der Waals surface area contributed by atoms with E-state index < -0.39 is 11.7 Å². The van der Waals surface area contributed by atoms with Crippen molar-refractivity contribution in [3.8, 4) is 0 Å². The Labute approximate surface area is 149 Å². The van der Waals surface area contributed by atoms with Crippen LogP contribution in [0.25, 0.3) is 0 Å². The van der Waals surface area contributed by atoms with Crippen LogP contribution in [0.15, 0.2) is 12.3 Å². The molecule has 0 aromatic heterocycles. The van der Waals surface area contributed by atoms with Gasteiger partial charge in [0, 0.05) is 0 Å². The normalized spacial score (nSPS) is 10.7. The van der Waals surface area contributed by atoms with E-state index in [1.165, 1.54) is 89.9 Å². The maximum absolute atomic E-state index is 10.9. The molecule has 0 amide bonds. The predicted octanol–water partition coefficient (Wildman–Crippen LogP) is 6.86. The van der Waals surface area contributed by atoms with Gasteiger partial charge in [0.05, 0.1) is 6.61 Å². The van der Waals surface area contributed by atoms with Crippen molar-refractivity contribution in [3.63, 3.8) is 0 Å². The van der Waals surface area contributed by atoms with Crippen LogP contribution in [0.2, 0.25) is 0 Å². The third-order valence-corrected chi connectivity index (χ3v) is 4.47. The summed E-state index contributed by atoms with van der Waals surface area (Å²) in [7, 11) is 0. The highest BCUT2D eigenvalue weighted by Gasteiger charge is 2.04. The van der Waals surface area contributed by atoms with Crippen LogP contribution in [0.4, 0.5) is 0 Å². The van der Waals surface area contributed by atoms with Gasteiger partial charge < -0.3 is 9.84 Å². The fraction of sp³-hybridized carbons (Fsp3) is 0.857. The maximum Gasteiger partial charge on any atom is 0.372 e. The first-order valence-corrected chi connectivity index (χ1v) is 10.2. The molecule has 0 aliphatic rings. The van der Waals surface area contributed by atoms with Crippen LogP contribution in [0, 0.1) is 0 Å². The molecule has 24 heavy (non-hydrogen) atoms. The molecule has 3 heteroatoms. The van der Waals surface area contributed by atoms with Crippen molar-refractivity contribution in [2.24, 2.45) is 0 Å². The first kappa shape index (κ1) is 23.0. The molecule has 0 aliphatic heterocycles. The molecule has 0 unspecified atom stereocenters. The van der Waals surface area contributed by atoms with Crippen molar-refractivity contribution in [2.45, 2.75) is 110 Å². The Morgan fingerprint density at radius 3 is 1.38 bits per heavy atom. The monoisotopic (exact) mass is 340 g/mol. The van der Waals surface area contributed by atoms with E-state index in [-0.39, 0.29) is 0 Å². The van der Waals surface area contributed by atoms with Crippen LogP contribution in [-0.2, 0) is 9.53 Å². The Balaban J connectivity index is 3.05. The Bertz CT molecular complexity index is 299. The lowest BCUT2D eigenvalue weighted by atomic mass is 10.0. The summed E-state index contributed by atoms with van der Waals surface area (Å²) in [6.45, 7) is 5.79. The number of carbonyl (C=O) groups is 1. The minimum absolute atomic E-state index is 0.386. The predicted molar refractivity (Wildman–Crippen MR) is 102 cm³/mol. The first-order chi connectivity index (χ1) is 11.7. The van der Waals surface area contributed by atoms with Crippen LogP contribution >= 0.6 is 0 Å². The van der Waals surface area contributed by atoms with E-state index >= 15 is 0 Å². The number of rotatable bonds is 18. The number of aliphatic hydroxyl groups is 1. The topological polar surface area (TPSA) is 46.5 Å². The number of unbranched alkanes of at least 4 members (excludes halogenated alkanes) is 15. The van der Waals surface area contributed by atoms with E-state index in [4.69, 9.17) is 9.84 Å². The van der Waals surface area contributed by atoms with Gasteiger partial charge in [0.1, 0.15) is 0 Å². The van der Waals surface area contributed by atoms with Gasteiger partial charge in [-0.2, -0.15) is 0 Å². The lowest BCUT2D eigenvalue weighted by Gasteiger charge is -2.04. The molecule has 0 heterocycles. The average Bonchev–Trinajstić information content (AvgIpc) is 2.57. The summed E-state index contributed by atoms with van der Waals surface area (Å²) in [5.41, 5.74) is 0. The standard InChI is InChI=1S/C21H40O3/c1-3-4-5-6-7-8-9-10-11-12-13-14-15-16-17-18-19-24-21(23)20(2)22/h22H,2-19H2,1H3. The molecule has 0 radical (unpaired) electrons. The minimum Gasteiger partial charge on any atom is -0.502 e. The highest BCUT2D eigenvalue weighted by Crippen LogP contribution is 2.13. The van der Waals surface area contributed by atoms with Gasteiger partial charge in [-0.05, 0) is 13.0 Å².